The summed E-state index contributed by atoms with van der Waals surface area (Å²) in [5, 5.41) is 8.00. The number of amides is 1. The maximum Gasteiger partial charge on any atom is 0.308 e. The molecule has 0 radical (unpaired) electrons. The van der Waals surface area contributed by atoms with E-state index in [4.69, 9.17) is 4.74 Å². The first-order valence-electron chi connectivity index (χ1n) is 9.67. The summed E-state index contributed by atoms with van der Waals surface area (Å²) in [6.07, 6.45) is 9.86. The van der Waals surface area contributed by atoms with Crippen LogP contribution >= 0.6 is 0 Å². The van der Waals surface area contributed by atoms with Crippen LogP contribution in [0.15, 0.2) is 36.9 Å². The second-order valence-electron chi connectivity index (χ2n) is 7.45. The molecule has 8 heteroatoms. The number of aryl methyl sites for hydroxylation is 1. The van der Waals surface area contributed by atoms with Gasteiger partial charge in [-0.1, -0.05) is 0 Å². The molecule has 1 amide bonds. The van der Waals surface area contributed by atoms with Gasteiger partial charge in [-0.05, 0) is 37.8 Å². The minimum Gasteiger partial charge on any atom is -0.469 e. The van der Waals surface area contributed by atoms with Gasteiger partial charge in [0.05, 0.1) is 30.9 Å². The van der Waals surface area contributed by atoms with Crippen molar-refractivity contribution in [3.05, 3.63) is 36.9 Å². The topological polar surface area (TPSA) is 99.0 Å². The number of nitrogens with one attached hydrogen (secondary N) is 1. The molecule has 0 unspecified atom stereocenters. The third kappa shape index (κ3) is 4.11. The summed E-state index contributed by atoms with van der Waals surface area (Å²) in [6, 6.07) is 3.85. The first-order valence-corrected chi connectivity index (χ1v) is 9.67. The molecular formula is C21H23N5O3. The van der Waals surface area contributed by atoms with Gasteiger partial charge < -0.3 is 10.1 Å². The van der Waals surface area contributed by atoms with E-state index >= 15 is 0 Å². The molecular weight excluding hydrogens is 370 g/mol. The first kappa shape index (κ1) is 19.0. The molecule has 3 aromatic rings. The molecule has 3 heterocycles. The monoisotopic (exact) mass is 393 g/mol. The molecule has 1 fully saturated rings. The molecule has 1 aliphatic rings. The summed E-state index contributed by atoms with van der Waals surface area (Å²) in [5.74, 6) is 0.0457. The van der Waals surface area contributed by atoms with Crippen molar-refractivity contribution in [2.45, 2.75) is 25.7 Å². The Bertz CT molecular complexity index is 1050. The minimum atomic E-state index is -0.183. The normalized spacial score (nSPS) is 19.1. The molecule has 1 aliphatic carbocycles. The van der Waals surface area contributed by atoms with Crippen LogP contribution in [0.4, 0.5) is 5.82 Å². The first-order chi connectivity index (χ1) is 14.0. The number of fused-ring (bicyclic) bond motifs is 1. The second kappa shape index (κ2) is 7.98. The zero-order valence-electron chi connectivity index (χ0n) is 16.5. The Kier molecular flexibility index (Phi) is 5.24. The predicted octanol–water partition coefficient (Wildman–Crippen LogP) is 2.95. The molecule has 0 spiro atoms. The molecule has 1 N–H and O–H groups in total. The lowest BCUT2D eigenvalue weighted by atomic mass is 9.81. The molecule has 8 nitrogen and oxygen atoms in total. The molecule has 0 atom stereocenters. The van der Waals surface area contributed by atoms with Crippen LogP contribution in [0.1, 0.15) is 25.7 Å². The predicted molar refractivity (Wildman–Crippen MR) is 108 cm³/mol. The van der Waals surface area contributed by atoms with Gasteiger partial charge in [-0.3, -0.25) is 19.3 Å². The molecule has 0 saturated heterocycles. The van der Waals surface area contributed by atoms with Gasteiger partial charge in [-0.25, -0.2) is 4.98 Å². The second-order valence-corrected chi connectivity index (χ2v) is 7.45. The molecule has 0 bridgehead atoms. The highest BCUT2D eigenvalue weighted by Crippen LogP contribution is 2.30. The summed E-state index contributed by atoms with van der Waals surface area (Å²) in [7, 11) is 3.27. The van der Waals surface area contributed by atoms with Gasteiger partial charge in [-0.2, -0.15) is 5.10 Å². The number of anilines is 1. The maximum absolute atomic E-state index is 12.6. The number of rotatable bonds is 4. The SMILES string of the molecule is COC(=O)C1CCC(C(=O)Nc2cc3cc(-c4cnn(C)c4)cnc3cn2)CC1. The van der Waals surface area contributed by atoms with E-state index in [0.717, 1.165) is 22.0 Å². The Morgan fingerprint density at radius 1 is 1.03 bits per heavy atom. The van der Waals surface area contributed by atoms with Crippen LogP contribution in [-0.4, -0.2) is 38.7 Å². The minimum absolute atomic E-state index is 0.0588. The van der Waals surface area contributed by atoms with Crippen LogP contribution in [0.25, 0.3) is 22.0 Å². The van der Waals surface area contributed by atoms with Crippen LogP contribution in [0.3, 0.4) is 0 Å². The van der Waals surface area contributed by atoms with Crippen LogP contribution in [-0.2, 0) is 21.4 Å². The van der Waals surface area contributed by atoms with Gasteiger partial charge in [0, 0.05) is 41.9 Å². The average molecular weight is 393 g/mol. The third-order valence-corrected chi connectivity index (χ3v) is 5.49. The smallest absolute Gasteiger partial charge is 0.308 e. The summed E-state index contributed by atoms with van der Waals surface area (Å²) < 4.78 is 6.55. The van der Waals surface area contributed by atoms with Crippen molar-refractivity contribution in [1.29, 1.82) is 0 Å². The van der Waals surface area contributed by atoms with Crippen molar-refractivity contribution >= 4 is 28.6 Å². The van der Waals surface area contributed by atoms with Gasteiger partial charge in [0.2, 0.25) is 5.91 Å². The fourth-order valence-electron chi connectivity index (χ4n) is 3.81. The van der Waals surface area contributed by atoms with Gasteiger partial charge >= 0.3 is 5.97 Å². The number of pyridine rings is 2. The van der Waals surface area contributed by atoms with E-state index in [9.17, 15) is 9.59 Å². The standard InChI is InChI=1S/C21H23N5O3/c1-26-12-17(10-24-26)16-7-15-8-19(23-11-18(15)22-9-16)25-20(27)13-3-5-14(6-4-13)21(28)29-2/h7-14H,3-6H2,1-2H3,(H,23,25,27). The Balaban J connectivity index is 1.46. The number of hydrogen-bond acceptors (Lipinski definition) is 6. The van der Waals surface area contributed by atoms with Crippen molar-refractivity contribution in [3.63, 3.8) is 0 Å². The number of methoxy groups -OCH3 is 1. The van der Waals surface area contributed by atoms with Crippen LogP contribution in [0.5, 0.6) is 0 Å². The number of aromatic nitrogens is 4. The molecule has 0 aromatic carbocycles. The Morgan fingerprint density at radius 3 is 2.48 bits per heavy atom. The van der Waals surface area contributed by atoms with E-state index in [2.05, 4.69) is 20.4 Å². The van der Waals surface area contributed by atoms with Crippen molar-refractivity contribution < 1.29 is 14.3 Å². The number of carbonyl (C=O) groups is 2. The van der Waals surface area contributed by atoms with Gasteiger partial charge in [0.25, 0.3) is 0 Å². The number of nitrogens with zero attached hydrogens (tertiary/aromatic N) is 4. The van der Waals surface area contributed by atoms with Crippen molar-refractivity contribution in [3.8, 4) is 11.1 Å². The highest BCUT2D eigenvalue weighted by atomic mass is 16.5. The summed E-state index contributed by atoms with van der Waals surface area (Å²) in [4.78, 5) is 33.1. The van der Waals surface area contributed by atoms with Crippen LogP contribution < -0.4 is 5.32 Å². The Hall–Kier alpha value is -3.29. The average Bonchev–Trinajstić information content (AvgIpc) is 3.19. The van der Waals surface area contributed by atoms with E-state index in [1.54, 1.807) is 23.3 Å². The quantitative estimate of drug-likeness (QED) is 0.684. The summed E-state index contributed by atoms with van der Waals surface area (Å²) in [6.45, 7) is 0. The van der Waals surface area contributed by atoms with Gasteiger partial charge in [0.15, 0.2) is 0 Å². The molecule has 0 aliphatic heterocycles. The van der Waals surface area contributed by atoms with Crippen molar-refractivity contribution in [1.82, 2.24) is 19.7 Å². The largest absolute Gasteiger partial charge is 0.469 e. The van der Waals surface area contributed by atoms with E-state index in [1.165, 1.54) is 7.11 Å². The Labute approximate surface area is 168 Å². The lowest BCUT2D eigenvalue weighted by Crippen LogP contribution is -2.30. The van der Waals surface area contributed by atoms with Gasteiger partial charge in [-0.15, -0.1) is 0 Å². The number of hydrogen-bond donors (Lipinski definition) is 1. The highest BCUT2D eigenvalue weighted by molar-refractivity contribution is 5.94. The summed E-state index contributed by atoms with van der Waals surface area (Å²) >= 11 is 0. The van der Waals surface area contributed by atoms with E-state index in [-0.39, 0.29) is 23.7 Å². The highest BCUT2D eigenvalue weighted by Gasteiger charge is 2.30. The number of esters is 1. The van der Waals surface area contributed by atoms with Crippen LogP contribution in [0.2, 0.25) is 0 Å². The van der Waals surface area contributed by atoms with Crippen LogP contribution in [0, 0.1) is 11.8 Å². The zero-order valence-corrected chi connectivity index (χ0v) is 16.5. The fourth-order valence-corrected chi connectivity index (χ4v) is 3.81. The molecule has 1 saturated carbocycles. The maximum atomic E-state index is 12.6. The van der Waals surface area contributed by atoms with E-state index in [1.807, 2.05) is 25.4 Å². The molecule has 4 rings (SSSR count). The Morgan fingerprint density at radius 2 is 1.79 bits per heavy atom. The number of ether oxygens (including phenoxy) is 1. The molecule has 29 heavy (non-hydrogen) atoms. The molecule has 3 aromatic heterocycles. The van der Waals surface area contributed by atoms with Gasteiger partial charge in [0.1, 0.15) is 5.82 Å². The summed E-state index contributed by atoms with van der Waals surface area (Å²) in [5.41, 5.74) is 2.69. The fraction of sp³-hybridized carbons (Fsp3) is 0.381. The molecule has 150 valence electrons. The number of carbonyl (C=O) groups excluding carboxylic acids is 2. The van der Waals surface area contributed by atoms with E-state index < -0.39 is 0 Å². The lowest BCUT2D eigenvalue weighted by Gasteiger charge is -2.25. The lowest BCUT2D eigenvalue weighted by molar-refractivity contribution is -0.147. The third-order valence-electron chi connectivity index (χ3n) is 5.49. The van der Waals surface area contributed by atoms with Crippen molar-refractivity contribution in [2.75, 3.05) is 12.4 Å². The zero-order chi connectivity index (χ0) is 20.4. The van der Waals surface area contributed by atoms with Crippen molar-refractivity contribution in [2.24, 2.45) is 18.9 Å². The van der Waals surface area contributed by atoms with E-state index in [0.29, 0.717) is 31.5 Å².